The molecule has 0 aliphatic heterocycles. The van der Waals surface area contributed by atoms with E-state index in [1.807, 2.05) is 24.5 Å². The van der Waals surface area contributed by atoms with Crippen LogP contribution in [0.15, 0.2) is 57.7 Å². The predicted molar refractivity (Wildman–Crippen MR) is 119 cm³/mol. The predicted octanol–water partition coefficient (Wildman–Crippen LogP) is 5.03. The van der Waals surface area contributed by atoms with Crippen LogP contribution in [0.1, 0.15) is 22.5 Å². The zero-order valence-electron chi connectivity index (χ0n) is 15.9. The van der Waals surface area contributed by atoms with Crippen LogP contribution in [0.25, 0.3) is 11.3 Å². The van der Waals surface area contributed by atoms with Crippen molar-refractivity contribution in [2.45, 2.75) is 34.0 Å². The van der Waals surface area contributed by atoms with E-state index in [9.17, 15) is 0 Å². The highest BCUT2D eigenvalue weighted by molar-refractivity contribution is 8.02. The van der Waals surface area contributed by atoms with E-state index in [0.29, 0.717) is 0 Å². The molecule has 5 aromatic heterocycles. The Morgan fingerprint density at radius 1 is 0.793 bits per heavy atom. The molecule has 0 aliphatic rings. The Hall–Kier alpha value is -2.36. The van der Waals surface area contributed by atoms with Gasteiger partial charge in [-0.15, -0.1) is 10.2 Å². The zero-order chi connectivity index (χ0) is 19.8. The first-order valence-electron chi connectivity index (χ1n) is 9.11. The van der Waals surface area contributed by atoms with Crippen LogP contribution < -0.4 is 0 Å². The van der Waals surface area contributed by atoms with Crippen molar-refractivity contribution in [3.8, 4) is 0 Å². The number of fused-ring (bicyclic) bond motifs is 2. The van der Waals surface area contributed by atoms with Crippen molar-refractivity contribution in [2.75, 3.05) is 0 Å². The third-order valence-corrected chi connectivity index (χ3v) is 7.79. The fourth-order valence-electron chi connectivity index (χ4n) is 3.13. The van der Waals surface area contributed by atoms with E-state index >= 15 is 0 Å². The lowest BCUT2D eigenvalue weighted by atomic mass is 10.3. The molecular weight excluding hydrogens is 420 g/mol. The van der Waals surface area contributed by atoms with Gasteiger partial charge in [0.2, 0.25) is 0 Å². The summed E-state index contributed by atoms with van der Waals surface area (Å²) in [5.74, 6) is 1.57. The summed E-state index contributed by atoms with van der Waals surface area (Å²) in [6, 6.07) is 8.25. The smallest absolute Gasteiger partial charge is 0.175 e. The molecule has 0 bridgehead atoms. The highest BCUT2D eigenvalue weighted by Crippen LogP contribution is 2.32. The molecule has 0 radical (unpaired) electrons. The average Bonchev–Trinajstić information content (AvgIpc) is 3.43. The van der Waals surface area contributed by atoms with Crippen LogP contribution in [0.4, 0.5) is 0 Å². The summed E-state index contributed by atoms with van der Waals surface area (Å²) >= 11 is 4.98. The molecule has 29 heavy (non-hydrogen) atoms. The van der Waals surface area contributed by atoms with Gasteiger partial charge in [-0.3, -0.25) is 0 Å². The Kier molecular flexibility index (Phi) is 5.03. The van der Waals surface area contributed by atoms with Crippen LogP contribution in [0.5, 0.6) is 0 Å². The molecule has 6 nitrogen and oxygen atoms in total. The first-order chi connectivity index (χ1) is 14.2. The van der Waals surface area contributed by atoms with Crippen LogP contribution in [-0.4, -0.2) is 29.0 Å². The number of thioether (sulfide) groups is 2. The second-order valence-corrected chi connectivity index (χ2v) is 10.1. The molecule has 0 amide bonds. The lowest BCUT2D eigenvalue weighted by molar-refractivity contribution is 0.953. The number of aryl methyl sites for hydroxylation is 2. The number of rotatable bonds is 6. The van der Waals surface area contributed by atoms with Crippen LogP contribution in [-0.2, 0) is 11.5 Å². The lowest BCUT2D eigenvalue weighted by Gasteiger charge is -1.94. The van der Waals surface area contributed by atoms with Gasteiger partial charge in [-0.05, 0) is 37.1 Å². The van der Waals surface area contributed by atoms with Gasteiger partial charge >= 0.3 is 0 Å². The fraction of sp³-hybridized carbons (Fsp3) is 0.200. The first-order valence-corrected chi connectivity index (χ1v) is 11.9. The molecule has 0 aliphatic carbocycles. The summed E-state index contributed by atoms with van der Waals surface area (Å²) < 4.78 is 6.08. The van der Waals surface area contributed by atoms with Crippen molar-refractivity contribution in [1.82, 2.24) is 29.0 Å². The maximum Gasteiger partial charge on any atom is 0.175 e. The third-order valence-electron chi connectivity index (χ3n) is 4.53. The standard InChI is InChI=1S/C20H18N6S3/c1-13-5-3-7-25-9-15(21-17(13)25)11-27-19-23-24-20(29-19)28-12-16-10-26-8-4-6-14(2)18(26)22-16/h3-10H,11-12H2,1-2H3. The summed E-state index contributed by atoms with van der Waals surface area (Å²) in [6.07, 6.45) is 8.23. The average molecular weight is 439 g/mol. The molecule has 0 spiro atoms. The highest BCUT2D eigenvalue weighted by atomic mass is 32.2. The highest BCUT2D eigenvalue weighted by Gasteiger charge is 2.10. The molecule has 0 fully saturated rings. The molecule has 5 aromatic rings. The van der Waals surface area contributed by atoms with E-state index in [-0.39, 0.29) is 0 Å². The van der Waals surface area contributed by atoms with Crippen molar-refractivity contribution in [3.05, 3.63) is 71.6 Å². The third kappa shape index (κ3) is 3.90. The van der Waals surface area contributed by atoms with Gasteiger partial charge in [0.15, 0.2) is 8.68 Å². The topological polar surface area (TPSA) is 60.4 Å². The van der Waals surface area contributed by atoms with Gasteiger partial charge in [-0.2, -0.15) is 0 Å². The molecule has 0 aromatic carbocycles. The summed E-state index contributed by atoms with van der Waals surface area (Å²) in [6.45, 7) is 4.16. The van der Waals surface area contributed by atoms with Crippen molar-refractivity contribution in [3.63, 3.8) is 0 Å². The number of hydrogen-bond acceptors (Lipinski definition) is 7. The first kappa shape index (κ1) is 18.7. The van der Waals surface area contributed by atoms with Gasteiger partial charge in [0.25, 0.3) is 0 Å². The number of pyridine rings is 2. The van der Waals surface area contributed by atoms with Crippen LogP contribution in [0.2, 0.25) is 0 Å². The van der Waals surface area contributed by atoms with Gasteiger partial charge in [0.05, 0.1) is 11.4 Å². The molecule has 5 rings (SSSR count). The molecule has 0 N–H and O–H groups in total. The van der Waals surface area contributed by atoms with E-state index in [0.717, 1.165) is 42.9 Å². The van der Waals surface area contributed by atoms with Crippen molar-refractivity contribution < 1.29 is 0 Å². The molecule has 9 heteroatoms. The van der Waals surface area contributed by atoms with Gasteiger partial charge in [0, 0.05) is 36.3 Å². The minimum absolute atomic E-state index is 0.784. The zero-order valence-corrected chi connectivity index (χ0v) is 18.4. The SMILES string of the molecule is Cc1cccn2cc(CSc3nnc(SCc4cn5cccc(C)c5n4)s3)nc12. The molecule has 0 unspecified atom stereocenters. The minimum atomic E-state index is 0.784. The summed E-state index contributed by atoms with van der Waals surface area (Å²) in [7, 11) is 0. The molecule has 0 saturated heterocycles. The quantitative estimate of drug-likeness (QED) is 0.346. The van der Waals surface area contributed by atoms with Gasteiger partial charge in [-0.25, -0.2) is 9.97 Å². The van der Waals surface area contributed by atoms with E-state index in [4.69, 9.17) is 9.97 Å². The normalized spacial score (nSPS) is 11.7. The number of aromatic nitrogens is 6. The Morgan fingerprint density at radius 2 is 1.28 bits per heavy atom. The summed E-state index contributed by atoms with van der Waals surface area (Å²) in [5, 5.41) is 8.64. The second kappa shape index (κ2) is 7.81. The Bertz CT molecular complexity index is 1200. The lowest BCUT2D eigenvalue weighted by Crippen LogP contribution is -1.84. The number of imidazole rings is 2. The van der Waals surface area contributed by atoms with Crippen LogP contribution in [0, 0.1) is 13.8 Å². The van der Waals surface area contributed by atoms with Crippen LogP contribution >= 0.6 is 34.9 Å². The van der Waals surface area contributed by atoms with Crippen LogP contribution in [0.3, 0.4) is 0 Å². The van der Waals surface area contributed by atoms with Crippen molar-refractivity contribution >= 4 is 46.2 Å². The van der Waals surface area contributed by atoms with Gasteiger partial charge in [-0.1, -0.05) is 47.0 Å². The van der Waals surface area contributed by atoms with E-state index in [2.05, 4.69) is 57.4 Å². The molecule has 146 valence electrons. The Balaban J connectivity index is 1.22. The number of nitrogens with zero attached hydrogens (tertiary/aromatic N) is 6. The van der Waals surface area contributed by atoms with Gasteiger partial charge in [0.1, 0.15) is 11.3 Å². The number of hydrogen-bond donors (Lipinski definition) is 0. The van der Waals surface area contributed by atoms with Crippen molar-refractivity contribution in [2.24, 2.45) is 0 Å². The maximum atomic E-state index is 4.72. The molecule has 0 saturated carbocycles. The summed E-state index contributed by atoms with van der Waals surface area (Å²) in [5.41, 5.74) is 6.49. The van der Waals surface area contributed by atoms with E-state index in [1.165, 1.54) is 11.1 Å². The van der Waals surface area contributed by atoms with Crippen molar-refractivity contribution in [1.29, 1.82) is 0 Å². The largest absolute Gasteiger partial charge is 0.307 e. The summed E-state index contributed by atoms with van der Waals surface area (Å²) in [4.78, 5) is 9.44. The minimum Gasteiger partial charge on any atom is -0.307 e. The fourth-order valence-corrected chi connectivity index (χ4v) is 5.92. The molecule has 5 heterocycles. The molecular formula is C20H18N6S3. The van der Waals surface area contributed by atoms with Gasteiger partial charge < -0.3 is 8.80 Å². The maximum absolute atomic E-state index is 4.72. The molecule has 0 atom stereocenters. The monoisotopic (exact) mass is 438 g/mol. The Labute approximate surface area is 180 Å². The van der Waals surface area contributed by atoms with E-state index in [1.54, 1.807) is 34.9 Å². The second-order valence-electron chi connectivity index (χ2n) is 6.72. The van der Waals surface area contributed by atoms with E-state index < -0.39 is 0 Å². The Morgan fingerprint density at radius 3 is 1.72 bits per heavy atom.